The normalized spacial score (nSPS) is 18.1. The third-order valence-electron chi connectivity index (χ3n) is 3.86. The Morgan fingerprint density at radius 2 is 1.92 bits per heavy atom. The van der Waals surface area contributed by atoms with E-state index < -0.39 is 21.9 Å². The average molecular weight is 374 g/mol. The van der Waals surface area contributed by atoms with Crippen molar-refractivity contribution in [3.05, 3.63) is 54.2 Å². The zero-order valence-electron chi connectivity index (χ0n) is 13.8. The van der Waals surface area contributed by atoms with Crippen LogP contribution in [0.3, 0.4) is 0 Å². The van der Waals surface area contributed by atoms with Gasteiger partial charge in [-0.15, -0.1) is 0 Å². The third-order valence-corrected chi connectivity index (χ3v) is 5.62. The van der Waals surface area contributed by atoms with Gasteiger partial charge in [-0.2, -0.15) is 0 Å². The Morgan fingerprint density at radius 3 is 2.62 bits per heavy atom. The van der Waals surface area contributed by atoms with Crippen molar-refractivity contribution < 1.29 is 18.0 Å². The molecule has 0 aliphatic carbocycles. The Balaban J connectivity index is 1.60. The van der Waals surface area contributed by atoms with Crippen LogP contribution >= 0.6 is 0 Å². The first-order chi connectivity index (χ1) is 12.4. The third kappa shape index (κ3) is 4.79. The van der Waals surface area contributed by atoms with Crippen LogP contribution in [0.4, 0.5) is 16.3 Å². The van der Waals surface area contributed by atoms with Crippen LogP contribution in [-0.2, 0) is 9.84 Å². The van der Waals surface area contributed by atoms with E-state index in [2.05, 4.69) is 20.9 Å². The first kappa shape index (κ1) is 17.9. The van der Waals surface area contributed by atoms with E-state index >= 15 is 0 Å². The van der Waals surface area contributed by atoms with E-state index in [1.807, 2.05) is 0 Å². The summed E-state index contributed by atoms with van der Waals surface area (Å²) in [5, 5.41) is 7.91. The second-order valence-electron chi connectivity index (χ2n) is 5.95. The number of aromatic nitrogens is 1. The van der Waals surface area contributed by atoms with Crippen LogP contribution in [0.1, 0.15) is 16.8 Å². The van der Waals surface area contributed by atoms with Gasteiger partial charge in [0.25, 0.3) is 5.91 Å². The highest BCUT2D eigenvalue weighted by molar-refractivity contribution is 7.91. The molecule has 0 saturated carbocycles. The first-order valence-corrected chi connectivity index (χ1v) is 9.84. The van der Waals surface area contributed by atoms with Crippen molar-refractivity contribution in [2.75, 3.05) is 22.1 Å². The van der Waals surface area contributed by atoms with Gasteiger partial charge in [-0.1, -0.05) is 12.1 Å². The first-order valence-electron chi connectivity index (χ1n) is 8.02. The number of hydrogen-bond acceptors (Lipinski definition) is 5. The van der Waals surface area contributed by atoms with Crippen molar-refractivity contribution in [1.82, 2.24) is 10.3 Å². The summed E-state index contributed by atoms with van der Waals surface area (Å²) < 4.78 is 22.9. The molecule has 136 valence electrons. The number of nitrogens with one attached hydrogen (secondary N) is 3. The smallest absolute Gasteiger partial charge is 0.319 e. The van der Waals surface area contributed by atoms with Crippen LogP contribution in [-0.4, -0.2) is 42.9 Å². The molecule has 3 rings (SSSR count). The second kappa shape index (κ2) is 7.52. The number of carbonyl (C=O) groups is 2. The molecule has 26 heavy (non-hydrogen) atoms. The molecule has 9 heteroatoms. The molecule has 1 fully saturated rings. The molecule has 0 radical (unpaired) electrons. The van der Waals surface area contributed by atoms with E-state index in [4.69, 9.17) is 0 Å². The maximum Gasteiger partial charge on any atom is 0.319 e. The SMILES string of the molecule is O=C(Nc1cccc(C(=O)Nc2ccccn2)c1)N[C@H]1CCS(=O)(=O)C1. The lowest BCUT2D eigenvalue weighted by Gasteiger charge is -2.12. The maximum atomic E-state index is 12.3. The topological polar surface area (TPSA) is 117 Å². The molecule has 1 aliphatic rings. The maximum absolute atomic E-state index is 12.3. The van der Waals surface area contributed by atoms with Gasteiger partial charge in [0.15, 0.2) is 9.84 Å². The Kier molecular flexibility index (Phi) is 5.17. The number of benzene rings is 1. The fourth-order valence-electron chi connectivity index (χ4n) is 2.62. The van der Waals surface area contributed by atoms with Crippen molar-refractivity contribution in [1.29, 1.82) is 0 Å². The number of nitrogens with zero attached hydrogens (tertiary/aromatic N) is 1. The van der Waals surface area contributed by atoms with Crippen molar-refractivity contribution in [3.63, 3.8) is 0 Å². The standard InChI is InChI=1S/C17H18N4O4S/c22-16(21-15-6-1-2-8-18-15)12-4-3-5-13(10-12)19-17(23)20-14-7-9-26(24,25)11-14/h1-6,8,10,14H,7,9,11H2,(H,18,21,22)(H2,19,20,23)/t14-/m0/s1. The molecule has 1 aromatic heterocycles. The van der Waals surface area contributed by atoms with E-state index in [0.29, 0.717) is 23.5 Å². The molecule has 2 heterocycles. The lowest BCUT2D eigenvalue weighted by molar-refractivity contribution is 0.102. The van der Waals surface area contributed by atoms with Gasteiger partial charge in [0.05, 0.1) is 11.5 Å². The van der Waals surface area contributed by atoms with Crippen molar-refractivity contribution in [2.45, 2.75) is 12.5 Å². The van der Waals surface area contributed by atoms with Crippen LogP contribution < -0.4 is 16.0 Å². The fraction of sp³-hybridized carbons (Fsp3) is 0.235. The van der Waals surface area contributed by atoms with Crippen molar-refractivity contribution in [2.24, 2.45) is 0 Å². The molecular weight excluding hydrogens is 356 g/mol. The monoisotopic (exact) mass is 374 g/mol. The number of rotatable bonds is 4. The van der Waals surface area contributed by atoms with Gasteiger partial charge in [0.2, 0.25) is 0 Å². The van der Waals surface area contributed by atoms with E-state index in [-0.39, 0.29) is 17.4 Å². The van der Waals surface area contributed by atoms with E-state index in [1.165, 1.54) is 6.07 Å². The van der Waals surface area contributed by atoms with E-state index in [9.17, 15) is 18.0 Å². The van der Waals surface area contributed by atoms with Crippen LogP contribution in [0.25, 0.3) is 0 Å². The Labute approximate surface area is 150 Å². The number of anilines is 2. The highest BCUT2D eigenvalue weighted by Crippen LogP contribution is 2.14. The number of urea groups is 1. The van der Waals surface area contributed by atoms with E-state index in [1.54, 1.807) is 42.6 Å². The largest absolute Gasteiger partial charge is 0.334 e. The molecule has 0 bridgehead atoms. The summed E-state index contributed by atoms with van der Waals surface area (Å²) in [6, 6.07) is 10.7. The fourth-order valence-corrected chi connectivity index (χ4v) is 4.30. The van der Waals surface area contributed by atoms with Gasteiger partial charge in [0.1, 0.15) is 5.82 Å². The predicted molar refractivity (Wildman–Crippen MR) is 97.8 cm³/mol. The Hall–Kier alpha value is -2.94. The Bertz CT molecular complexity index is 915. The Morgan fingerprint density at radius 1 is 1.08 bits per heavy atom. The number of hydrogen-bond donors (Lipinski definition) is 3. The minimum atomic E-state index is -3.06. The summed E-state index contributed by atoms with van der Waals surface area (Å²) >= 11 is 0. The summed E-state index contributed by atoms with van der Waals surface area (Å²) in [6.45, 7) is 0. The van der Waals surface area contributed by atoms with Gasteiger partial charge in [-0.3, -0.25) is 4.79 Å². The van der Waals surface area contributed by atoms with Gasteiger partial charge in [-0.05, 0) is 36.8 Å². The molecule has 8 nitrogen and oxygen atoms in total. The number of carbonyl (C=O) groups excluding carboxylic acids is 2. The average Bonchev–Trinajstić information content (AvgIpc) is 2.94. The van der Waals surface area contributed by atoms with E-state index in [0.717, 1.165) is 0 Å². The molecule has 0 spiro atoms. The lowest BCUT2D eigenvalue weighted by Crippen LogP contribution is -2.38. The van der Waals surface area contributed by atoms with Gasteiger partial charge < -0.3 is 16.0 Å². The zero-order chi connectivity index (χ0) is 18.6. The van der Waals surface area contributed by atoms with Crippen molar-refractivity contribution in [3.8, 4) is 0 Å². The molecule has 1 atom stereocenters. The number of sulfone groups is 1. The summed E-state index contributed by atoms with van der Waals surface area (Å²) in [7, 11) is -3.06. The van der Waals surface area contributed by atoms with Gasteiger partial charge in [-0.25, -0.2) is 18.2 Å². The molecule has 3 N–H and O–H groups in total. The molecule has 2 aromatic rings. The molecular formula is C17H18N4O4S. The number of pyridine rings is 1. The van der Waals surface area contributed by atoms with Crippen molar-refractivity contribution >= 4 is 33.3 Å². The summed E-state index contributed by atoms with van der Waals surface area (Å²) in [4.78, 5) is 28.3. The lowest BCUT2D eigenvalue weighted by atomic mass is 10.2. The molecule has 1 saturated heterocycles. The van der Waals surface area contributed by atoms with Crippen LogP contribution in [0.5, 0.6) is 0 Å². The molecule has 0 unspecified atom stereocenters. The molecule has 1 aliphatic heterocycles. The quantitative estimate of drug-likeness (QED) is 0.752. The van der Waals surface area contributed by atoms with Gasteiger partial charge in [0, 0.05) is 23.5 Å². The molecule has 3 amide bonds. The van der Waals surface area contributed by atoms with Crippen LogP contribution in [0.2, 0.25) is 0 Å². The summed E-state index contributed by atoms with van der Waals surface area (Å²) in [6.07, 6.45) is 1.98. The zero-order valence-corrected chi connectivity index (χ0v) is 14.6. The number of amides is 3. The predicted octanol–water partition coefficient (Wildman–Crippen LogP) is 1.64. The summed E-state index contributed by atoms with van der Waals surface area (Å²) in [5.41, 5.74) is 0.786. The minimum absolute atomic E-state index is 0.0487. The van der Waals surface area contributed by atoms with Crippen LogP contribution in [0.15, 0.2) is 48.7 Å². The highest BCUT2D eigenvalue weighted by atomic mass is 32.2. The second-order valence-corrected chi connectivity index (χ2v) is 8.18. The minimum Gasteiger partial charge on any atom is -0.334 e. The van der Waals surface area contributed by atoms with Crippen LogP contribution in [0, 0.1) is 0 Å². The molecule has 1 aromatic carbocycles. The van der Waals surface area contributed by atoms with Gasteiger partial charge >= 0.3 is 6.03 Å². The summed E-state index contributed by atoms with van der Waals surface area (Å²) in [5.74, 6) is 0.110. The highest BCUT2D eigenvalue weighted by Gasteiger charge is 2.28.